The van der Waals surface area contributed by atoms with Gasteiger partial charge in [-0.05, 0) is 38.5 Å². The van der Waals surface area contributed by atoms with Gasteiger partial charge in [0.05, 0.1) is 24.0 Å². The van der Waals surface area contributed by atoms with Gasteiger partial charge >= 0.3 is 0 Å². The van der Waals surface area contributed by atoms with E-state index in [0.29, 0.717) is 18.1 Å². The maximum Gasteiger partial charge on any atom is 0.244 e. The Hall–Kier alpha value is -1.40. The Morgan fingerprint density at radius 1 is 1.26 bits per heavy atom. The molecule has 2 saturated heterocycles. The number of fused-ring (bicyclic) bond motifs is 1. The molecule has 3 heterocycles. The van der Waals surface area contributed by atoms with E-state index in [2.05, 4.69) is 10.4 Å². The van der Waals surface area contributed by atoms with Crippen LogP contribution in [-0.2, 0) is 16.6 Å². The smallest absolute Gasteiger partial charge is 0.244 e. The van der Waals surface area contributed by atoms with Crippen molar-refractivity contribution in [3.8, 4) is 0 Å². The third-order valence-electron chi connectivity index (χ3n) is 5.64. The van der Waals surface area contributed by atoms with Gasteiger partial charge in [-0.3, -0.25) is 9.48 Å². The Bertz CT molecular complexity index is 573. The van der Waals surface area contributed by atoms with Gasteiger partial charge in [-0.2, -0.15) is 5.10 Å². The quantitative estimate of drug-likeness (QED) is 0.917. The lowest BCUT2D eigenvalue weighted by Crippen LogP contribution is -2.56. The first-order valence-corrected chi connectivity index (χ1v) is 8.90. The van der Waals surface area contributed by atoms with Gasteiger partial charge in [0.15, 0.2) is 0 Å². The topological polar surface area (TPSA) is 59.4 Å². The number of hydrogen-bond donors (Lipinski definition) is 1. The van der Waals surface area contributed by atoms with Crippen LogP contribution in [-0.4, -0.2) is 47.0 Å². The van der Waals surface area contributed by atoms with E-state index >= 15 is 0 Å². The van der Waals surface area contributed by atoms with Crippen LogP contribution in [0.5, 0.6) is 0 Å². The largest absolute Gasteiger partial charge is 0.378 e. The molecule has 1 aliphatic carbocycles. The standard InChI is InChI=1S/C17H26N4O2/c1-20-11-12(10-18-20)21-8-3-5-15(17(21)22)19-14-4-2-6-16-13(14)7-9-23-16/h10-11,13-16,19H,2-9H2,1H3/t13-,14+,15-,16+/m0/s1. The van der Waals surface area contributed by atoms with Crippen molar-refractivity contribution in [1.29, 1.82) is 0 Å². The molecule has 3 aliphatic rings. The van der Waals surface area contributed by atoms with Gasteiger partial charge in [-0.1, -0.05) is 0 Å². The third-order valence-corrected chi connectivity index (χ3v) is 5.64. The molecule has 6 heteroatoms. The summed E-state index contributed by atoms with van der Waals surface area (Å²) in [5.74, 6) is 0.788. The fourth-order valence-electron chi connectivity index (χ4n) is 4.48. The number of aromatic nitrogens is 2. The summed E-state index contributed by atoms with van der Waals surface area (Å²) in [7, 11) is 1.88. The Labute approximate surface area is 137 Å². The molecule has 0 aromatic carbocycles. The second-order valence-electron chi connectivity index (χ2n) is 7.12. The highest BCUT2D eigenvalue weighted by molar-refractivity contribution is 5.97. The summed E-state index contributed by atoms with van der Waals surface area (Å²) in [6, 6.07) is 0.368. The average Bonchev–Trinajstić information content (AvgIpc) is 3.18. The molecule has 2 aliphatic heterocycles. The van der Waals surface area contributed by atoms with Crippen molar-refractivity contribution in [2.24, 2.45) is 13.0 Å². The molecule has 3 fully saturated rings. The third kappa shape index (κ3) is 2.90. The molecule has 0 bridgehead atoms. The number of nitrogens with one attached hydrogen (secondary N) is 1. The predicted molar refractivity (Wildman–Crippen MR) is 87.2 cm³/mol. The molecule has 1 aromatic heterocycles. The van der Waals surface area contributed by atoms with Crippen LogP contribution < -0.4 is 10.2 Å². The minimum Gasteiger partial charge on any atom is -0.378 e. The zero-order valence-electron chi connectivity index (χ0n) is 13.8. The highest BCUT2D eigenvalue weighted by Gasteiger charge is 2.40. The van der Waals surface area contributed by atoms with Crippen molar-refractivity contribution < 1.29 is 9.53 Å². The Balaban J connectivity index is 1.45. The van der Waals surface area contributed by atoms with E-state index in [0.717, 1.165) is 38.1 Å². The number of carbonyl (C=O) groups is 1. The van der Waals surface area contributed by atoms with Crippen molar-refractivity contribution in [2.45, 2.75) is 56.7 Å². The first kappa shape index (κ1) is 15.1. The van der Waals surface area contributed by atoms with Gasteiger partial charge in [0, 0.05) is 38.4 Å². The van der Waals surface area contributed by atoms with Crippen LogP contribution in [0.4, 0.5) is 5.69 Å². The van der Waals surface area contributed by atoms with Crippen LogP contribution in [0, 0.1) is 5.92 Å². The van der Waals surface area contributed by atoms with Gasteiger partial charge < -0.3 is 15.0 Å². The van der Waals surface area contributed by atoms with Crippen LogP contribution in [0.2, 0.25) is 0 Å². The number of hydrogen-bond acceptors (Lipinski definition) is 4. The van der Waals surface area contributed by atoms with E-state index < -0.39 is 0 Å². The van der Waals surface area contributed by atoms with Crippen molar-refractivity contribution in [3.05, 3.63) is 12.4 Å². The molecule has 0 radical (unpaired) electrons. The molecular formula is C17H26N4O2. The molecule has 6 nitrogen and oxygen atoms in total. The predicted octanol–water partition coefficient (Wildman–Crippen LogP) is 1.46. The summed E-state index contributed by atoms with van der Waals surface area (Å²) in [4.78, 5) is 14.8. The summed E-state index contributed by atoms with van der Waals surface area (Å²) in [5, 5.41) is 7.88. The highest BCUT2D eigenvalue weighted by atomic mass is 16.5. The van der Waals surface area contributed by atoms with Crippen molar-refractivity contribution >= 4 is 11.6 Å². The minimum atomic E-state index is -0.0618. The molecule has 1 N–H and O–H groups in total. The Morgan fingerprint density at radius 3 is 3.00 bits per heavy atom. The van der Waals surface area contributed by atoms with Crippen molar-refractivity contribution in [3.63, 3.8) is 0 Å². The van der Waals surface area contributed by atoms with Gasteiger partial charge in [0.1, 0.15) is 0 Å². The first-order valence-electron chi connectivity index (χ1n) is 8.90. The molecule has 0 unspecified atom stereocenters. The average molecular weight is 318 g/mol. The van der Waals surface area contributed by atoms with Crippen LogP contribution in [0.25, 0.3) is 0 Å². The summed E-state index contributed by atoms with van der Waals surface area (Å²) >= 11 is 0. The lowest BCUT2D eigenvalue weighted by Gasteiger charge is -2.38. The maximum atomic E-state index is 12.9. The lowest BCUT2D eigenvalue weighted by atomic mass is 9.81. The number of aryl methyl sites for hydroxylation is 1. The lowest BCUT2D eigenvalue weighted by molar-refractivity contribution is -0.122. The summed E-state index contributed by atoms with van der Waals surface area (Å²) in [6.07, 6.45) is 10.8. The zero-order valence-corrected chi connectivity index (χ0v) is 13.8. The number of anilines is 1. The number of nitrogens with zero attached hydrogens (tertiary/aromatic N) is 3. The first-order chi connectivity index (χ1) is 11.2. The van der Waals surface area contributed by atoms with Crippen molar-refractivity contribution in [1.82, 2.24) is 15.1 Å². The fraction of sp³-hybridized carbons (Fsp3) is 0.765. The molecule has 1 saturated carbocycles. The second kappa shape index (κ2) is 6.24. The number of piperidine rings is 1. The molecule has 4 rings (SSSR count). The summed E-state index contributed by atoms with van der Waals surface area (Å²) in [6.45, 7) is 1.68. The van der Waals surface area contributed by atoms with Gasteiger partial charge in [-0.15, -0.1) is 0 Å². The number of carbonyl (C=O) groups excluding carboxylic acids is 1. The monoisotopic (exact) mass is 318 g/mol. The molecule has 23 heavy (non-hydrogen) atoms. The van der Waals surface area contributed by atoms with Crippen LogP contribution in [0.3, 0.4) is 0 Å². The van der Waals surface area contributed by atoms with E-state index in [-0.39, 0.29) is 11.9 Å². The second-order valence-corrected chi connectivity index (χ2v) is 7.12. The summed E-state index contributed by atoms with van der Waals surface area (Å²) in [5.41, 5.74) is 0.912. The Kier molecular flexibility index (Phi) is 4.11. The molecule has 0 spiro atoms. The molecule has 1 amide bonds. The fourth-order valence-corrected chi connectivity index (χ4v) is 4.48. The van der Waals surface area contributed by atoms with Crippen LogP contribution in [0.1, 0.15) is 38.5 Å². The van der Waals surface area contributed by atoms with E-state index in [1.54, 1.807) is 10.9 Å². The van der Waals surface area contributed by atoms with Crippen molar-refractivity contribution in [2.75, 3.05) is 18.1 Å². The van der Waals surface area contributed by atoms with Crippen LogP contribution >= 0.6 is 0 Å². The molecule has 126 valence electrons. The molecular weight excluding hydrogens is 292 g/mol. The van der Waals surface area contributed by atoms with E-state index in [1.807, 2.05) is 18.1 Å². The highest BCUT2D eigenvalue weighted by Crippen LogP contribution is 2.35. The summed E-state index contributed by atoms with van der Waals surface area (Å²) < 4.78 is 7.60. The maximum absolute atomic E-state index is 12.9. The Morgan fingerprint density at radius 2 is 2.17 bits per heavy atom. The number of ether oxygens (including phenoxy) is 1. The van der Waals surface area contributed by atoms with E-state index in [1.165, 1.54) is 19.3 Å². The normalized spacial score (nSPS) is 34.7. The number of rotatable bonds is 3. The van der Waals surface area contributed by atoms with Crippen LogP contribution in [0.15, 0.2) is 12.4 Å². The van der Waals surface area contributed by atoms with Gasteiger partial charge in [0.25, 0.3) is 0 Å². The van der Waals surface area contributed by atoms with Gasteiger partial charge in [-0.25, -0.2) is 0 Å². The van der Waals surface area contributed by atoms with E-state index in [4.69, 9.17) is 4.74 Å². The molecule has 1 aromatic rings. The minimum absolute atomic E-state index is 0.0618. The zero-order chi connectivity index (χ0) is 15.8. The van der Waals surface area contributed by atoms with Gasteiger partial charge in [0.2, 0.25) is 5.91 Å². The van der Waals surface area contributed by atoms with E-state index in [9.17, 15) is 4.79 Å². The SMILES string of the molecule is Cn1cc(N2CCC[C@H](N[C@@H]3CCC[C@H]4OCC[C@@H]34)C2=O)cn1. The molecule has 4 atom stereocenters. The number of amides is 1.